The summed E-state index contributed by atoms with van der Waals surface area (Å²) in [6.07, 6.45) is 2.91. The molecule has 0 spiro atoms. The Morgan fingerprint density at radius 2 is 2.32 bits per heavy atom. The minimum Gasteiger partial charge on any atom is -0.338 e. The molecular formula is C13H19N5O. The number of hydrogen-bond acceptors (Lipinski definition) is 5. The fourth-order valence-electron chi connectivity index (χ4n) is 2.70. The Morgan fingerprint density at radius 3 is 2.89 bits per heavy atom. The van der Waals surface area contributed by atoms with Crippen molar-refractivity contribution in [3.8, 4) is 11.5 Å². The van der Waals surface area contributed by atoms with E-state index in [0.717, 1.165) is 31.1 Å². The largest absolute Gasteiger partial charge is 0.338 e. The topological polar surface area (TPSA) is 68.8 Å². The zero-order chi connectivity index (χ0) is 13.5. The lowest BCUT2D eigenvalue weighted by Crippen LogP contribution is -2.35. The summed E-state index contributed by atoms with van der Waals surface area (Å²) in [4.78, 5) is 4.58. The maximum Gasteiger partial charge on any atom is 0.234 e. The molecule has 1 saturated heterocycles. The highest BCUT2D eigenvalue weighted by molar-refractivity contribution is 5.47. The Balaban J connectivity index is 1.96. The number of aromatic nitrogens is 4. The van der Waals surface area contributed by atoms with Gasteiger partial charge in [0.1, 0.15) is 5.69 Å². The van der Waals surface area contributed by atoms with E-state index in [4.69, 9.17) is 4.52 Å². The van der Waals surface area contributed by atoms with Crippen molar-refractivity contribution in [2.24, 2.45) is 13.0 Å². The number of hydrogen-bond donors (Lipinski definition) is 1. The van der Waals surface area contributed by atoms with Crippen molar-refractivity contribution < 1.29 is 4.52 Å². The lowest BCUT2D eigenvalue weighted by molar-refractivity contribution is 0.234. The summed E-state index contributed by atoms with van der Waals surface area (Å²) in [5.74, 6) is 1.76. The standard InChI is InChI=1S/C13H19N5O/c1-9(2)13(5-6-14-8-13)12-15-11(17-19-12)10-4-7-18(3)16-10/h4,7,9,14H,5-6,8H2,1-3H3. The predicted molar refractivity (Wildman–Crippen MR) is 70.5 cm³/mol. The number of aryl methyl sites for hydroxylation is 1. The molecule has 3 heterocycles. The van der Waals surface area contributed by atoms with Gasteiger partial charge in [0.15, 0.2) is 0 Å². The van der Waals surface area contributed by atoms with Gasteiger partial charge in [-0.2, -0.15) is 10.1 Å². The minimum absolute atomic E-state index is 0.0416. The Kier molecular flexibility index (Phi) is 2.89. The molecule has 0 aliphatic carbocycles. The van der Waals surface area contributed by atoms with Gasteiger partial charge < -0.3 is 9.84 Å². The monoisotopic (exact) mass is 261 g/mol. The summed E-state index contributed by atoms with van der Waals surface area (Å²) in [5, 5.41) is 11.8. The van der Waals surface area contributed by atoms with E-state index in [-0.39, 0.29) is 5.41 Å². The Morgan fingerprint density at radius 1 is 1.47 bits per heavy atom. The molecule has 0 radical (unpaired) electrons. The van der Waals surface area contributed by atoms with Crippen LogP contribution in [0.25, 0.3) is 11.5 Å². The van der Waals surface area contributed by atoms with Gasteiger partial charge in [-0.15, -0.1) is 0 Å². The molecule has 0 bridgehead atoms. The van der Waals surface area contributed by atoms with Crippen LogP contribution in [0.2, 0.25) is 0 Å². The molecule has 3 rings (SSSR count). The van der Waals surface area contributed by atoms with Gasteiger partial charge in [-0.1, -0.05) is 19.0 Å². The smallest absolute Gasteiger partial charge is 0.234 e. The molecule has 0 aromatic carbocycles. The van der Waals surface area contributed by atoms with Gasteiger partial charge in [-0.3, -0.25) is 4.68 Å². The molecule has 6 nitrogen and oxygen atoms in total. The lowest BCUT2D eigenvalue weighted by atomic mass is 9.76. The first-order valence-electron chi connectivity index (χ1n) is 6.67. The summed E-state index contributed by atoms with van der Waals surface area (Å²) in [7, 11) is 1.88. The van der Waals surface area contributed by atoms with E-state index in [1.807, 2.05) is 19.3 Å². The van der Waals surface area contributed by atoms with E-state index in [1.54, 1.807) is 4.68 Å². The zero-order valence-corrected chi connectivity index (χ0v) is 11.6. The third-order valence-corrected chi connectivity index (χ3v) is 4.09. The van der Waals surface area contributed by atoms with E-state index < -0.39 is 0 Å². The first-order valence-corrected chi connectivity index (χ1v) is 6.67. The molecule has 0 saturated carbocycles. The van der Waals surface area contributed by atoms with Crippen LogP contribution in [0.4, 0.5) is 0 Å². The van der Waals surface area contributed by atoms with Crippen molar-refractivity contribution in [2.75, 3.05) is 13.1 Å². The Hall–Kier alpha value is -1.69. The number of rotatable bonds is 3. The second-order valence-corrected chi connectivity index (χ2v) is 5.54. The first kappa shape index (κ1) is 12.3. The van der Waals surface area contributed by atoms with Gasteiger partial charge in [0.25, 0.3) is 0 Å². The first-order chi connectivity index (χ1) is 9.12. The highest BCUT2D eigenvalue weighted by Crippen LogP contribution is 2.37. The fourth-order valence-corrected chi connectivity index (χ4v) is 2.70. The van der Waals surface area contributed by atoms with Gasteiger partial charge in [-0.25, -0.2) is 0 Å². The van der Waals surface area contributed by atoms with Crippen molar-refractivity contribution >= 4 is 0 Å². The normalized spacial score (nSPS) is 23.4. The second-order valence-electron chi connectivity index (χ2n) is 5.54. The highest BCUT2D eigenvalue weighted by Gasteiger charge is 2.43. The molecule has 2 aromatic rings. The summed E-state index contributed by atoms with van der Waals surface area (Å²) < 4.78 is 7.26. The quantitative estimate of drug-likeness (QED) is 0.903. The van der Waals surface area contributed by atoms with Crippen LogP contribution in [0.5, 0.6) is 0 Å². The van der Waals surface area contributed by atoms with E-state index >= 15 is 0 Å². The third kappa shape index (κ3) is 1.96. The van der Waals surface area contributed by atoms with Crippen molar-refractivity contribution in [3.05, 3.63) is 18.2 Å². The highest BCUT2D eigenvalue weighted by atomic mass is 16.5. The predicted octanol–water partition coefficient (Wildman–Crippen LogP) is 1.36. The van der Waals surface area contributed by atoms with Crippen LogP contribution in [0.15, 0.2) is 16.8 Å². The van der Waals surface area contributed by atoms with Crippen LogP contribution in [0.3, 0.4) is 0 Å². The molecule has 6 heteroatoms. The second kappa shape index (κ2) is 4.45. The van der Waals surface area contributed by atoms with E-state index in [1.165, 1.54) is 0 Å². The fraction of sp³-hybridized carbons (Fsp3) is 0.615. The molecule has 19 heavy (non-hydrogen) atoms. The zero-order valence-electron chi connectivity index (χ0n) is 11.6. The van der Waals surface area contributed by atoms with E-state index in [2.05, 4.69) is 34.4 Å². The summed E-state index contributed by atoms with van der Waals surface area (Å²) in [6, 6.07) is 1.89. The molecular weight excluding hydrogens is 242 g/mol. The van der Waals surface area contributed by atoms with Crippen LogP contribution in [-0.4, -0.2) is 33.0 Å². The van der Waals surface area contributed by atoms with Crippen molar-refractivity contribution in [3.63, 3.8) is 0 Å². The Bertz CT molecular complexity index is 565. The average molecular weight is 261 g/mol. The SMILES string of the molecule is CC(C)C1(c2nc(-c3ccn(C)n3)no2)CCNC1. The van der Waals surface area contributed by atoms with Crippen LogP contribution < -0.4 is 5.32 Å². The molecule has 0 amide bonds. The number of nitrogens with one attached hydrogen (secondary N) is 1. The maximum atomic E-state index is 5.53. The van der Waals surface area contributed by atoms with Crippen molar-refractivity contribution in [2.45, 2.75) is 25.7 Å². The van der Waals surface area contributed by atoms with Crippen molar-refractivity contribution in [1.82, 2.24) is 25.2 Å². The van der Waals surface area contributed by atoms with Gasteiger partial charge in [-0.05, 0) is 24.9 Å². The molecule has 1 aliphatic heterocycles. The van der Waals surface area contributed by atoms with Crippen LogP contribution in [0, 0.1) is 5.92 Å². The Labute approximate surface area is 112 Å². The molecule has 1 fully saturated rings. The average Bonchev–Trinajstić information content (AvgIpc) is 3.08. The molecule has 1 N–H and O–H groups in total. The minimum atomic E-state index is -0.0416. The van der Waals surface area contributed by atoms with Gasteiger partial charge >= 0.3 is 0 Å². The van der Waals surface area contributed by atoms with Gasteiger partial charge in [0.2, 0.25) is 11.7 Å². The van der Waals surface area contributed by atoms with E-state index in [0.29, 0.717) is 11.7 Å². The van der Waals surface area contributed by atoms with Gasteiger partial charge in [0, 0.05) is 19.8 Å². The molecule has 1 aliphatic rings. The molecule has 1 unspecified atom stereocenters. The van der Waals surface area contributed by atoms with Crippen LogP contribution >= 0.6 is 0 Å². The van der Waals surface area contributed by atoms with E-state index in [9.17, 15) is 0 Å². The molecule has 2 aromatic heterocycles. The van der Waals surface area contributed by atoms with Crippen molar-refractivity contribution in [1.29, 1.82) is 0 Å². The van der Waals surface area contributed by atoms with Crippen LogP contribution in [-0.2, 0) is 12.5 Å². The number of nitrogens with zero attached hydrogens (tertiary/aromatic N) is 4. The van der Waals surface area contributed by atoms with Crippen LogP contribution in [0.1, 0.15) is 26.2 Å². The third-order valence-electron chi connectivity index (χ3n) is 4.09. The molecule has 102 valence electrons. The van der Waals surface area contributed by atoms with Gasteiger partial charge in [0.05, 0.1) is 5.41 Å². The lowest BCUT2D eigenvalue weighted by Gasteiger charge is -2.27. The summed E-state index contributed by atoms with van der Waals surface area (Å²) in [6.45, 7) is 6.31. The molecule has 1 atom stereocenters. The summed E-state index contributed by atoms with van der Waals surface area (Å²) in [5.41, 5.74) is 0.711. The maximum absolute atomic E-state index is 5.53. The summed E-state index contributed by atoms with van der Waals surface area (Å²) >= 11 is 0.